The minimum absolute atomic E-state index is 0.0286. The van der Waals surface area contributed by atoms with Crippen LogP contribution in [0.2, 0.25) is 0 Å². The predicted molar refractivity (Wildman–Crippen MR) is 75.6 cm³/mol. The lowest BCUT2D eigenvalue weighted by Gasteiger charge is -2.13. The van der Waals surface area contributed by atoms with E-state index < -0.39 is 11.7 Å². The number of anilines is 1. The van der Waals surface area contributed by atoms with Gasteiger partial charge in [-0.2, -0.15) is 11.8 Å². The number of aromatic nitrogens is 1. The summed E-state index contributed by atoms with van der Waals surface area (Å²) >= 11 is 1.92. The van der Waals surface area contributed by atoms with E-state index in [-0.39, 0.29) is 17.4 Å². The molecule has 2 rings (SSSR count). The zero-order chi connectivity index (χ0) is 13.8. The van der Waals surface area contributed by atoms with E-state index in [2.05, 4.69) is 17.2 Å². The van der Waals surface area contributed by atoms with Gasteiger partial charge in [-0.05, 0) is 31.1 Å². The van der Waals surface area contributed by atoms with Gasteiger partial charge >= 0.3 is 0 Å². The number of hydrogen-bond acceptors (Lipinski definition) is 4. The highest BCUT2D eigenvalue weighted by Gasteiger charge is 2.27. The average Bonchev–Trinajstić information content (AvgIpc) is 2.80. The second-order valence-electron chi connectivity index (χ2n) is 4.62. The fourth-order valence-electron chi connectivity index (χ4n) is 2.36. The third-order valence-corrected chi connectivity index (χ3v) is 4.52. The van der Waals surface area contributed by atoms with Crippen molar-refractivity contribution in [1.29, 1.82) is 0 Å². The summed E-state index contributed by atoms with van der Waals surface area (Å²) in [6, 6.07) is 1.49. The van der Waals surface area contributed by atoms with Crippen LogP contribution < -0.4 is 11.1 Å². The smallest absolute Gasteiger partial charge is 0.254 e. The summed E-state index contributed by atoms with van der Waals surface area (Å²) < 4.78 is 13.7. The summed E-state index contributed by atoms with van der Waals surface area (Å²) in [5.74, 6) is -0.296. The first-order valence-electron chi connectivity index (χ1n) is 6.44. The number of nitrogens with one attached hydrogen (secondary N) is 1. The molecular weight excluding hydrogens is 265 g/mol. The van der Waals surface area contributed by atoms with Crippen LogP contribution in [0.5, 0.6) is 0 Å². The maximum absolute atomic E-state index is 13.7. The Balaban J connectivity index is 1.97. The second-order valence-corrected chi connectivity index (χ2v) is 6.20. The lowest BCUT2D eigenvalue weighted by molar-refractivity contribution is 0.0934. The van der Waals surface area contributed by atoms with Crippen LogP contribution in [0.15, 0.2) is 12.3 Å². The number of rotatable bonds is 4. The average molecular weight is 283 g/mol. The van der Waals surface area contributed by atoms with Crippen molar-refractivity contribution in [3.8, 4) is 0 Å². The van der Waals surface area contributed by atoms with E-state index in [0.29, 0.717) is 5.25 Å². The molecule has 1 fully saturated rings. The number of nitrogens with zero attached hydrogens (tertiary/aromatic N) is 1. The molecule has 0 saturated heterocycles. The summed E-state index contributed by atoms with van der Waals surface area (Å²) in [6.45, 7) is 2.13. The Morgan fingerprint density at radius 3 is 3.16 bits per heavy atom. The van der Waals surface area contributed by atoms with Crippen molar-refractivity contribution >= 4 is 23.5 Å². The molecule has 0 spiro atoms. The highest BCUT2D eigenvalue weighted by atomic mass is 32.2. The van der Waals surface area contributed by atoms with Crippen molar-refractivity contribution in [2.45, 2.75) is 37.5 Å². The van der Waals surface area contributed by atoms with Gasteiger partial charge in [-0.1, -0.05) is 6.92 Å². The Morgan fingerprint density at radius 1 is 1.63 bits per heavy atom. The van der Waals surface area contributed by atoms with E-state index in [1.807, 2.05) is 11.8 Å². The van der Waals surface area contributed by atoms with Crippen molar-refractivity contribution in [1.82, 2.24) is 10.3 Å². The summed E-state index contributed by atoms with van der Waals surface area (Å²) in [7, 11) is 0. The number of nitrogen functional groups attached to an aromatic ring is 1. The van der Waals surface area contributed by atoms with Gasteiger partial charge in [-0.3, -0.25) is 4.79 Å². The van der Waals surface area contributed by atoms with Crippen LogP contribution in [0.3, 0.4) is 0 Å². The van der Waals surface area contributed by atoms with Crippen molar-refractivity contribution in [2.75, 3.05) is 11.5 Å². The first-order valence-corrected chi connectivity index (χ1v) is 7.49. The highest BCUT2D eigenvalue weighted by Crippen LogP contribution is 2.29. The number of hydrogen-bond donors (Lipinski definition) is 2. The number of nitrogens with two attached hydrogens (primary N) is 1. The fourth-order valence-corrected chi connectivity index (χ4v) is 3.50. The van der Waals surface area contributed by atoms with Gasteiger partial charge in [0, 0.05) is 17.5 Å². The van der Waals surface area contributed by atoms with Crippen molar-refractivity contribution < 1.29 is 9.18 Å². The summed E-state index contributed by atoms with van der Waals surface area (Å²) in [4.78, 5) is 15.6. The number of halogens is 1. The first-order chi connectivity index (χ1) is 9.11. The fraction of sp³-hybridized carbons (Fsp3) is 0.538. The van der Waals surface area contributed by atoms with Crippen molar-refractivity contribution in [3.05, 3.63) is 23.6 Å². The molecule has 2 atom stereocenters. The first kappa shape index (κ1) is 14.1. The zero-order valence-corrected chi connectivity index (χ0v) is 11.7. The largest absolute Gasteiger partial charge is 0.381 e. The number of pyridine rings is 1. The minimum Gasteiger partial charge on any atom is -0.381 e. The molecule has 1 aliphatic carbocycles. The molecule has 1 aromatic rings. The Bertz CT molecular complexity index is 469. The van der Waals surface area contributed by atoms with E-state index in [1.54, 1.807) is 0 Å². The van der Waals surface area contributed by atoms with Gasteiger partial charge in [-0.15, -0.1) is 0 Å². The predicted octanol–water partition coefficient (Wildman–Crippen LogP) is 2.21. The lowest BCUT2D eigenvalue weighted by Crippen LogP contribution is -2.33. The molecule has 4 nitrogen and oxygen atoms in total. The Labute approximate surface area is 116 Å². The molecule has 2 unspecified atom stereocenters. The van der Waals surface area contributed by atoms with Gasteiger partial charge in [0.1, 0.15) is 0 Å². The monoisotopic (exact) mass is 283 g/mol. The van der Waals surface area contributed by atoms with E-state index in [4.69, 9.17) is 5.73 Å². The number of amides is 1. The molecule has 1 saturated carbocycles. The molecule has 0 radical (unpaired) electrons. The number of carbonyl (C=O) groups is 1. The third-order valence-electron chi connectivity index (χ3n) is 3.28. The molecule has 3 N–H and O–H groups in total. The van der Waals surface area contributed by atoms with E-state index in [1.165, 1.54) is 12.3 Å². The minimum atomic E-state index is -0.738. The lowest BCUT2D eigenvalue weighted by atomic mass is 10.2. The van der Waals surface area contributed by atoms with Gasteiger partial charge in [0.2, 0.25) is 0 Å². The van der Waals surface area contributed by atoms with Crippen LogP contribution in [0.25, 0.3) is 0 Å². The van der Waals surface area contributed by atoms with Gasteiger partial charge in [0.15, 0.2) is 11.6 Å². The normalized spacial score (nSPS) is 22.4. The van der Waals surface area contributed by atoms with E-state index in [0.717, 1.165) is 25.0 Å². The topological polar surface area (TPSA) is 68.0 Å². The molecule has 1 aromatic heterocycles. The van der Waals surface area contributed by atoms with Crippen LogP contribution in [0, 0.1) is 5.82 Å². The second kappa shape index (κ2) is 6.23. The van der Waals surface area contributed by atoms with E-state index in [9.17, 15) is 9.18 Å². The molecule has 0 aromatic carbocycles. The van der Waals surface area contributed by atoms with Crippen molar-refractivity contribution in [2.24, 2.45) is 0 Å². The Kier molecular flexibility index (Phi) is 4.63. The SMILES string of the molecule is CCSC1CCC(NC(=O)c2ccnc(N)c2F)C1. The van der Waals surface area contributed by atoms with Gasteiger partial charge in [0.25, 0.3) is 5.91 Å². The van der Waals surface area contributed by atoms with Crippen LogP contribution in [0.4, 0.5) is 10.2 Å². The molecule has 1 amide bonds. The van der Waals surface area contributed by atoms with Crippen LogP contribution in [0.1, 0.15) is 36.5 Å². The van der Waals surface area contributed by atoms with Crippen LogP contribution in [-0.2, 0) is 0 Å². The quantitative estimate of drug-likeness (QED) is 0.889. The molecule has 0 bridgehead atoms. The Morgan fingerprint density at radius 2 is 2.42 bits per heavy atom. The third kappa shape index (κ3) is 3.37. The zero-order valence-electron chi connectivity index (χ0n) is 10.9. The summed E-state index contributed by atoms with van der Waals surface area (Å²) in [6.07, 6.45) is 4.35. The standard InChI is InChI=1S/C13H18FN3OS/c1-2-19-9-4-3-8(7-9)17-13(18)10-5-6-16-12(15)11(10)14/h5-6,8-9H,2-4,7H2,1H3,(H2,15,16)(H,17,18). The summed E-state index contributed by atoms with van der Waals surface area (Å²) in [5.41, 5.74) is 5.33. The van der Waals surface area contributed by atoms with Crippen LogP contribution in [-0.4, -0.2) is 27.9 Å². The van der Waals surface area contributed by atoms with Crippen LogP contribution >= 0.6 is 11.8 Å². The number of thioether (sulfide) groups is 1. The van der Waals surface area contributed by atoms with Gasteiger partial charge < -0.3 is 11.1 Å². The molecular formula is C13H18FN3OS. The maximum Gasteiger partial charge on any atom is 0.254 e. The van der Waals surface area contributed by atoms with E-state index >= 15 is 0 Å². The highest BCUT2D eigenvalue weighted by molar-refractivity contribution is 7.99. The number of carbonyl (C=O) groups excluding carboxylic acids is 1. The van der Waals surface area contributed by atoms with Crippen molar-refractivity contribution in [3.63, 3.8) is 0 Å². The molecule has 1 heterocycles. The summed E-state index contributed by atoms with van der Waals surface area (Å²) in [5, 5.41) is 3.48. The molecule has 19 heavy (non-hydrogen) atoms. The maximum atomic E-state index is 13.7. The Hall–Kier alpha value is -1.30. The molecule has 6 heteroatoms. The van der Waals surface area contributed by atoms with Gasteiger partial charge in [-0.25, -0.2) is 9.37 Å². The van der Waals surface area contributed by atoms with Gasteiger partial charge in [0.05, 0.1) is 5.56 Å². The molecule has 104 valence electrons. The molecule has 1 aliphatic rings. The molecule has 0 aliphatic heterocycles.